The van der Waals surface area contributed by atoms with Crippen LogP contribution in [0.4, 0.5) is 0 Å². The van der Waals surface area contributed by atoms with Crippen LogP contribution in [0.2, 0.25) is 0 Å². The highest BCUT2D eigenvalue weighted by Gasteiger charge is 2.32. The Labute approximate surface area is 154 Å². The maximum absolute atomic E-state index is 12.4. The van der Waals surface area contributed by atoms with Gasteiger partial charge in [0.05, 0.1) is 17.1 Å². The summed E-state index contributed by atoms with van der Waals surface area (Å²) in [5, 5.41) is 0. The highest BCUT2D eigenvalue weighted by molar-refractivity contribution is 5.78. The fourth-order valence-electron chi connectivity index (χ4n) is 4.04. The number of para-hydroxylation sites is 2. The van der Waals surface area contributed by atoms with E-state index in [1.165, 1.54) is 11.1 Å². The molecule has 2 aromatic carbocycles. The van der Waals surface area contributed by atoms with Crippen molar-refractivity contribution in [2.24, 2.45) is 0 Å². The number of fused-ring (bicyclic) bond motifs is 1. The van der Waals surface area contributed by atoms with Crippen LogP contribution in [0.1, 0.15) is 49.2 Å². The molecule has 4 nitrogen and oxygen atoms in total. The number of benzene rings is 2. The molecule has 1 amide bonds. The van der Waals surface area contributed by atoms with Gasteiger partial charge in [-0.3, -0.25) is 4.79 Å². The number of amides is 1. The second kappa shape index (κ2) is 6.94. The summed E-state index contributed by atoms with van der Waals surface area (Å²) in [6.45, 7) is 5.68. The summed E-state index contributed by atoms with van der Waals surface area (Å²) >= 11 is 0. The molecule has 0 unspecified atom stereocenters. The first-order valence-electron chi connectivity index (χ1n) is 9.47. The van der Waals surface area contributed by atoms with Crippen LogP contribution < -0.4 is 0 Å². The lowest BCUT2D eigenvalue weighted by atomic mass is 10.1. The van der Waals surface area contributed by atoms with Crippen molar-refractivity contribution in [2.45, 2.75) is 45.7 Å². The number of hydrogen-bond acceptors (Lipinski definition) is 2. The van der Waals surface area contributed by atoms with E-state index in [4.69, 9.17) is 4.98 Å². The van der Waals surface area contributed by atoms with Crippen molar-refractivity contribution in [2.75, 3.05) is 6.54 Å². The number of carbonyl (C=O) groups is 1. The summed E-state index contributed by atoms with van der Waals surface area (Å²) in [6, 6.07) is 17.0. The van der Waals surface area contributed by atoms with Crippen LogP contribution in [0, 0.1) is 6.92 Å². The summed E-state index contributed by atoms with van der Waals surface area (Å²) in [4.78, 5) is 19.4. The molecule has 0 radical (unpaired) electrons. The largest absolute Gasteiger partial charge is 0.333 e. The minimum atomic E-state index is 0.0830. The van der Waals surface area contributed by atoms with Crippen molar-refractivity contribution in [3.05, 3.63) is 65.5 Å². The summed E-state index contributed by atoms with van der Waals surface area (Å²) in [5.74, 6) is 1.24. The lowest BCUT2D eigenvalue weighted by Gasteiger charge is -2.25. The molecule has 0 N–H and O–H groups in total. The van der Waals surface area contributed by atoms with Crippen LogP contribution in [0.3, 0.4) is 0 Å². The predicted octanol–water partition coefficient (Wildman–Crippen LogP) is 4.47. The summed E-state index contributed by atoms with van der Waals surface area (Å²) in [7, 11) is 0. The van der Waals surface area contributed by atoms with Gasteiger partial charge in [-0.2, -0.15) is 0 Å². The molecule has 1 aliphatic rings. The molecule has 0 spiro atoms. The first-order valence-corrected chi connectivity index (χ1v) is 9.47. The highest BCUT2D eigenvalue weighted by Crippen LogP contribution is 2.34. The van der Waals surface area contributed by atoms with E-state index in [0.29, 0.717) is 6.42 Å². The van der Waals surface area contributed by atoms with Crippen LogP contribution in [-0.2, 0) is 11.3 Å². The van der Waals surface area contributed by atoms with Crippen molar-refractivity contribution in [3.8, 4) is 0 Å². The number of likely N-dealkylation sites (tertiary alicyclic amines) is 1. The first kappa shape index (κ1) is 16.8. The molecule has 2 heterocycles. The van der Waals surface area contributed by atoms with E-state index in [-0.39, 0.29) is 11.9 Å². The topological polar surface area (TPSA) is 38.1 Å². The van der Waals surface area contributed by atoms with Gasteiger partial charge in [-0.05, 0) is 37.5 Å². The van der Waals surface area contributed by atoms with E-state index < -0.39 is 0 Å². The zero-order valence-corrected chi connectivity index (χ0v) is 15.5. The molecule has 134 valence electrons. The van der Waals surface area contributed by atoms with Crippen molar-refractivity contribution in [1.82, 2.24) is 14.5 Å². The van der Waals surface area contributed by atoms with Gasteiger partial charge in [0.15, 0.2) is 0 Å². The summed E-state index contributed by atoms with van der Waals surface area (Å²) in [6.07, 6.45) is 2.58. The van der Waals surface area contributed by atoms with Gasteiger partial charge in [0.2, 0.25) is 5.91 Å². The number of imidazole rings is 1. The van der Waals surface area contributed by atoms with Gasteiger partial charge in [0.1, 0.15) is 5.82 Å². The Morgan fingerprint density at radius 3 is 2.85 bits per heavy atom. The third kappa shape index (κ3) is 3.00. The molecular formula is C22H25N3O. The van der Waals surface area contributed by atoms with Gasteiger partial charge in [-0.25, -0.2) is 4.98 Å². The number of aromatic nitrogens is 2. The Balaban J connectivity index is 1.80. The maximum atomic E-state index is 12.4. The van der Waals surface area contributed by atoms with E-state index in [1.807, 2.05) is 17.9 Å². The third-order valence-electron chi connectivity index (χ3n) is 5.28. The summed E-state index contributed by atoms with van der Waals surface area (Å²) < 4.78 is 2.30. The first-order chi connectivity index (χ1) is 12.7. The molecule has 26 heavy (non-hydrogen) atoms. The average Bonchev–Trinajstić information content (AvgIpc) is 3.26. The smallest absolute Gasteiger partial charge is 0.222 e. The van der Waals surface area contributed by atoms with Crippen molar-refractivity contribution in [1.29, 1.82) is 0 Å². The minimum Gasteiger partial charge on any atom is -0.333 e. The van der Waals surface area contributed by atoms with Gasteiger partial charge in [0.25, 0.3) is 0 Å². The van der Waals surface area contributed by atoms with Crippen LogP contribution >= 0.6 is 0 Å². The Morgan fingerprint density at radius 1 is 1.19 bits per heavy atom. The van der Waals surface area contributed by atoms with E-state index in [1.54, 1.807) is 0 Å². The third-order valence-corrected chi connectivity index (χ3v) is 5.28. The molecular weight excluding hydrogens is 322 g/mol. The maximum Gasteiger partial charge on any atom is 0.222 e. The fraction of sp³-hybridized carbons (Fsp3) is 0.364. The quantitative estimate of drug-likeness (QED) is 0.698. The molecule has 1 aliphatic heterocycles. The van der Waals surface area contributed by atoms with E-state index >= 15 is 0 Å². The predicted molar refractivity (Wildman–Crippen MR) is 104 cm³/mol. The SMILES string of the molecule is CCC(=O)N1CCC[C@@H]1c1nc2ccccc2n1Cc1cccc(C)c1. The highest BCUT2D eigenvalue weighted by atomic mass is 16.2. The van der Waals surface area contributed by atoms with Crippen molar-refractivity contribution < 1.29 is 4.79 Å². The van der Waals surface area contributed by atoms with Crippen LogP contribution in [0.5, 0.6) is 0 Å². The molecule has 1 aromatic heterocycles. The molecule has 1 saturated heterocycles. The van der Waals surface area contributed by atoms with Crippen LogP contribution in [-0.4, -0.2) is 26.9 Å². The number of carbonyl (C=O) groups excluding carboxylic acids is 1. The lowest BCUT2D eigenvalue weighted by Crippen LogP contribution is -2.31. The zero-order chi connectivity index (χ0) is 18.1. The van der Waals surface area contributed by atoms with Gasteiger partial charge in [-0.1, -0.05) is 48.9 Å². The van der Waals surface area contributed by atoms with Gasteiger partial charge >= 0.3 is 0 Å². The van der Waals surface area contributed by atoms with Gasteiger partial charge in [-0.15, -0.1) is 0 Å². The molecule has 0 bridgehead atoms. The van der Waals surface area contributed by atoms with Crippen LogP contribution in [0.25, 0.3) is 11.0 Å². The molecule has 1 atom stereocenters. The second-order valence-electron chi connectivity index (χ2n) is 7.13. The fourth-order valence-corrected chi connectivity index (χ4v) is 4.04. The molecule has 0 aliphatic carbocycles. The van der Waals surface area contributed by atoms with Crippen LogP contribution in [0.15, 0.2) is 48.5 Å². The lowest BCUT2D eigenvalue weighted by molar-refractivity contribution is -0.131. The Hall–Kier alpha value is -2.62. The van der Waals surface area contributed by atoms with E-state index in [0.717, 1.165) is 42.8 Å². The standard InChI is InChI=1S/C22H25N3O/c1-3-21(26)24-13-7-12-20(24)22-23-18-10-4-5-11-19(18)25(22)15-17-9-6-8-16(2)14-17/h4-6,8-11,14,20H,3,7,12-13,15H2,1-2H3/t20-/m1/s1. The molecule has 4 rings (SSSR count). The molecule has 0 saturated carbocycles. The normalized spacial score (nSPS) is 17.2. The van der Waals surface area contributed by atoms with E-state index in [2.05, 4.69) is 54.0 Å². The van der Waals surface area contributed by atoms with Crippen molar-refractivity contribution in [3.63, 3.8) is 0 Å². The number of hydrogen-bond donors (Lipinski definition) is 0. The minimum absolute atomic E-state index is 0.0830. The van der Waals surface area contributed by atoms with Gasteiger partial charge in [0, 0.05) is 19.5 Å². The molecule has 3 aromatic rings. The monoisotopic (exact) mass is 347 g/mol. The molecule has 4 heteroatoms. The average molecular weight is 347 g/mol. The Bertz CT molecular complexity index is 943. The second-order valence-corrected chi connectivity index (χ2v) is 7.13. The number of aryl methyl sites for hydroxylation is 1. The van der Waals surface area contributed by atoms with Gasteiger partial charge < -0.3 is 9.47 Å². The van der Waals surface area contributed by atoms with E-state index in [9.17, 15) is 4.79 Å². The number of rotatable bonds is 4. The Kier molecular flexibility index (Phi) is 4.49. The van der Waals surface area contributed by atoms with Crippen molar-refractivity contribution >= 4 is 16.9 Å². The zero-order valence-electron chi connectivity index (χ0n) is 15.5. The number of nitrogens with zero attached hydrogens (tertiary/aromatic N) is 3. The summed E-state index contributed by atoms with van der Waals surface area (Å²) in [5.41, 5.74) is 4.67. The Morgan fingerprint density at radius 2 is 2.04 bits per heavy atom. The molecule has 1 fully saturated rings.